The molecule has 0 saturated carbocycles. The fraction of sp³-hybridized carbons (Fsp3) is 0.833. The third kappa shape index (κ3) is 1.55. The first kappa shape index (κ1) is 8.61. The van der Waals surface area contributed by atoms with E-state index in [4.69, 9.17) is 0 Å². The summed E-state index contributed by atoms with van der Waals surface area (Å²) in [5, 5.41) is 9.40. The average molecular weight is 204 g/mol. The lowest BCUT2D eigenvalue weighted by Crippen LogP contribution is -2.47. The van der Waals surface area contributed by atoms with E-state index in [1.165, 1.54) is 0 Å². The van der Waals surface area contributed by atoms with Gasteiger partial charge < -0.3 is 9.74 Å². The van der Waals surface area contributed by atoms with Crippen molar-refractivity contribution < 1.29 is 14.7 Å². The van der Waals surface area contributed by atoms with Crippen molar-refractivity contribution in [2.75, 3.05) is 13.2 Å². The Morgan fingerprint density at radius 3 is 3.08 bits per heavy atom. The number of β-lactam (4-membered cyclic amide) rings is 1. The van der Waals surface area contributed by atoms with Crippen LogP contribution in [0.2, 0.25) is 0 Å². The molecule has 2 rings (SSSR count). The van der Waals surface area contributed by atoms with E-state index in [0.29, 0.717) is 13.0 Å². The number of hydrogen-bond donors (Lipinski definition) is 0. The van der Waals surface area contributed by atoms with Crippen LogP contribution in [0.5, 0.6) is 0 Å². The molecule has 1 unspecified atom stereocenters. The van der Waals surface area contributed by atoms with Gasteiger partial charge in [-0.1, -0.05) is 0 Å². The first-order valence-corrected chi connectivity index (χ1v) is 4.83. The van der Waals surface area contributed by atoms with E-state index in [1.54, 1.807) is 16.7 Å². The zero-order valence-corrected chi connectivity index (χ0v) is 7.53. The number of rotatable bonds is 3. The molecule has 2 aliphatic rings. The molecule has 0 aliphatic carbocycles. The van der Waals surface area contributed by atoms with E-state index in [0.717, 1.165) is 0 Å². The van der Waals surface area contributed by atoms with Crippen molar-refractivity contribution in [2.24, 2.45) is 0 Å². The Hall–Kier alpha value is -0.980. The first-order valence-electron chi connectivity index (χ1n) is 3.89. The van der Waals surface area contributed by atoms with Gasteiger partial charge in [-0.05, 0) is 0 Å². The molecule has 0 N–H and O–H groups in total. The van der Waals surface area contributed by atoms with Crippen molar-refractivity contribution in [1.82, 2.24) is 4.90 Å². The highest BCUT2D eigenvalue weighted by molar-refractivity contribution is 8.00. The van der Waals surface area contributed by atoms with Gasteiger partial charge in [0.2, 0.25) is 5.91 Å². The molecule has 13 heavy (non-hydrogen) atoms. The van der Waals surface area contributed by atoms with Gasteiger partial charge in [-0.2, -0.15) is 0 Å². The van der Waals surface area contributed by atoms with E-state index in [-0.39, 0.29) is 23.1 Å². The Balaban J connectivity index is 1.78. The highest BCUT2D eigenvalue weighted by atomic mass is 32.2. The van der Waals surface area contributed by atoms with Crippen LogP contribution in [0.3, 0.4) is 0 Å². The number of hydrogen-bond acceptors (Lipinski definition) is 5. The van der Waals surface area contributed by atoms with Crippen molar-refractivity contribution in [1.29, 1.82) is 0 Å². The minimum atomic E-state index is -0.794. The van der Waals surface area contributed by atoms with Crippen molar-refractivity contribution in [3.05, 3.63) is 10.1 Å². The Labute approximate surface area is 78.3 Å². The van der Waals surface area contributed by atoms with Gasteiger partial charge in [-0.25, -0.2) is 0 Å². The second kappa shape index (κ2) is 3.06. The summed E-state index contributed by atoms with van der Waals surface area (Å²) in [4.78, 5) is 26.8. The SMILES string of the molecule is O=C1C[C@H]2SC(CO[N+](=O)[O-])CN12. The topological polar surface area (TPSA) is 72.7 Å². The maximum absolute atomic E-state index is 10.9. The fourth-order valence-electron chi connectivity index (χ4n) is 1.49. The van der Waals surface area contributed by atoms with Crippen LogP contribution in [-0.2, 0) is 9.63 Å². The third-order valence-electron chi connectivity index (χ3n) is 2.13. The van der Waals surface area contributed by atoms with Gasteiger partial charge >= 0.3 is 0 Å². The highest BCUT2D eigenvalue weighted by Gasteiger charge is 2.44. The monoisotopic (exact) mass is 204 g/mol. The van der Waals surface area contributed by atoms with Gasteiger partial charge in [-0.15, -0.1) is 21.9 Å². The van der Waals surface area contributed by atoms with E-state index < -0.39 is 5.09 Å². The molecule has 0 aromatic rings. The smallest absolute Gasteiger partial charge is 0.294 e. The summed E-state index contributed by atoms with van der Waals surface area (Å²) in [6.45, 7) is 0.667. The summed E-state index contributed by atoms with van der Waals surface area (Å²) in [6, 6.07) is 0. The molecule has 1 amide bonds. The Morgan fingerprint density at radius 1 is 1.77 bits per heavy atom. The van der Waals surface area contributed by atoms with Crippen LogP contribution in [0.25, 0.3) is 0 Å². The van der Waals surface area contributed by atoms with E-state index in [9.17, 15) is 14.9 Å². The van der Waals surface area contributed by atoms with Gasteiger partial charge in [0.1, 0.15) is 6.61 Å². The van der Waals surface area contributed by atoms with E-state index in [2.05, 4.69) is 4.84 Å². The molecule has 0 bridgehead atoms. The average Bonchev–Trinajstić information content (AvgIpc) is 2.39. The van der Waals surface area contributed by atoms with Crippen LogP contribution in [0, 0.1) is 10.1 Å². The minimum absolute atomic E-state index is 0.0573. The van der Waals surface area contributed by atoms with Crippen LogP contribution in [0.15, 0.2) is 0 Å². The summed E-state index contributed by atoms with van der Waals surface area (Å²) in [5.74, 6) is 0.140. The molecule has 2 atom stereocenters. The number of nitrogens with zero attached hydrogens (tertiary/aromatic N) is 2. The van der Waals surface area contributed by atoms with Gasteiger partial charge in [0.05, 0.1) is 11.8 Å². The molecule has 0 aromatic carbocycles. The molecule has 0 aromatic heterocycles. The standard InChI is InChI=1S/C6H8N2O4S/c9-5-1-6-7(5)2-4(13-6)3-12-8(10)11/h4,6H,1-3H2/t4?,6-/m1/s1. The highest BCUT2D eigenvalue weighted by Crippen LogP contribution is 2.39. The molecule has 2 aliphatic heterocycles. The van der Waals surface area contributed by atoms with Crippen LogP contribution in [-0.4, -0.2) is 39.7 Å². The molecular weight excluding hydrogens is 196 g/mol. The maximum Gasteiger partial charge on any atom is 0.294 e. The molecule has 2 fully saturated rings. The number of thioether (sulfide) groups is 1. The van der Waals surface area contributed by atoms with Crippen molar-refractivity contribution in [3.8, 4) is 0 Å². The maximum atomic E-state index is 10.9. The molecule has 0 radical (unpaired) electrons. The molecule has 0 spiro atoms. The number of fused-ring (bicyclic) bond motifs is 1. The van der Waals surface area contributed by atoms with Crippen LogP contribution >= 0.6 is 11.8 Å². The Morgan fingerprint density at radius 2 is 2.54 bits per heavy atom. The summed E-state index contributed by atoms with van der Waals surface area (Å²) in [6.07, 6.45) is 0.569. The van der Waals surface area contributed by atoms with Gasteiger partial charge in [0.15, 0.2) is 0 Å². The number of carbonyl (C=O) groups is 1. The van der Waals surface area contributed by atoms with Crippen molar-refractivity contribution in [2.45, 2.75) is 17.0 Å². The minimum Gasteiger partial charge on any atom is -0.329 e. The largest absolute Gasteiger partial charge is 0.329 e. The second-order valence-corrected chi connectivity index (χ2v) is 4.47. The summed E-state index contributed by atoms with van der Waals surface area (Å²) < 4.78 is 0. The lowest BCUT2D eigenvalue weighted by Gasteiger charge is -2.32. The van der Waals surface area contributed by atoms with Gasteiger partial charge in [0, 0.05) is 11.8 Å². The Bertz CT molecular complexity index is 259. The summed E-state index contributed by atoms with van der Waals surface area (Å²) in [7, 11) is 0. The predicted octanol–water partition coefficient (Wildman–Crippen LogP) is -0.131. The molecule has 72 valence electrons. The molecule has 7 heteroatoms. The fourth-order valence-corrected chi connectivity index (χ4v) is 2.91. The summed E-state index contributed by atoms with van der Waals surface area (Å²) in [5.41, 5.74) is 0. The predicted molar refractivity (Wildman–Crippen MR) is 44.4 cm³/mol. The van der Waals surface area contributed by atoms with Crippen LogP contribution < -0.4 is 0 Å². The normalized spacial score (nSPS) is 31.1. The van der Waals surface area contributed by atoms with Crippen LogP contribution in [0.1, 0.15) is 6.42 Å². The third-order valence-corrected chi connectivity index (χ3v) is 3.54. The number of carbonyl (C=O) groups excluding carboxylic acids is 1. The summed E-state index contributed by atoms with van der Waals surface area (Å²) >= 11 is 1.58. The number of amides is 1. The molecule has 6 nitrogen and oxygen atoms in total. The lowest BCUT2D eigenvalue weighted by molar-refractivity contribution is -0.757. The van der Waals surface area contributed by atoms with Crippen molar-refractivity contribution in [3.63, 3.8) is 0 Å². The zero-order chi connectivity index (χ0) is 9.42. The molecule has 2 saturated heterocycles. The molecule has 2 heterocycles. The first-order chi connectivity index (χ1) is 6.16. The molecular formula is C6H8N2O4S. The van der Waals surface area contributed by atoms with Crippen LogP contribution in [0.4, 0.5) is 0 Å². The van der Waals surface area contributed by atoms with Gasteiger partial charge in [-0.3, -0.25) is 4.79 Å². The van der Waals surface area contributed by atoms with E-state index in [1.807, 2.05) is 0 Å². The quantitative estimate of drug-likeness (QED) is 0.363. The zero-order valence-electron chi connectivity index (χ0n) is 6.71. The Kier molecular flexibility index (Phi) is 2.03. The lowest BCUT2D eigenvalue weighted by atomic mass is 10.2. The van der Waals surface area contributed by atoms with Crippen molar-refractivity contribution >= 4 is 17.7 Å². The second-order valence-electron chi connectivity index (χ2n) is 2.98. The van der Waals surface area contributed by atoms with Gasteiger partial charge in [0.25, 0.3) is 5.09 Å². The van der Waals surface area contributed by atoms with E-state index >= 15 is 0 Å².